The Morgan fingerprint density at radius 3 is 2.11 bits per heavy atom. The van der Waals surface area contributed by atoms with Crippen molar-refractivity contribution in [2.75, 3.05) is 33.2 Å². The molecule has 2 saturated heterocycles. The zero-order valence-electron chi connectivity index (χ0n) is 13.2. The molecule has 2 nitrogen and oxygen atoms in total. The van der Waals surface area contributed by atoms with Gasteiger partial charge in [-0.2, -0.15) is 0 Å². The third kappa shape index (κ3) is 2.15. The summed E-state index contributed by atoms with van der Waals surface area (Å²) in [6.07, 6.45) is 10.5. The summed E-state index contributed by atoms with van der Waals surface area (Å²) in [6, 6.07) is 0.951. The Labute approximate surface area is 119 Å². The maximum Gasteiger partial charge on any atom is 0.0165 e. The Balaban J connectivity index is 0.000000528. The van der Waals surface area contributed by atoms with E-state index in [1.165, 1.54) is 71.1 Å². The van der Waals surface area contributed by atoms with E-state index < -0.39 is 0 Å². The van der Waals surface area contributed by atoms with E-state index in [1.54, 1.807) is 0 Å². The molecule has 0 N–H and O–H groups in total. The summed E-state index contributed by atoms with van der Waals surface area (Å²) >= 11 is 0. The van der Waals surface area contributed by atoms with E-state index in [1.807, 2.05) is 13.8 Å². The Morgan fingerprint density at radius 2 is 1.68 bits per heavy atom. The van der Waals surface area contributed by atoms with Gasteiger partial charge in [-0.15, -0.1) is 0 Å². The van der Waals surface area contributed by atoms with Gasteiger partial charge in [-0.05, 0) is 69.5 Å². The average Bonchev–Trinajstić information content (AvgIpc) is 2.96. The van der Waals surface area contributed by atoms with Crippen molar-refractivity contribution < 1.29 is 0 Å². The number of likely N-dealkylation sites (tertiary alicyclic amines) is 2. The molecule has 2 spiro atoms. The van der Waals surface area contributed by atoms with Gasteiger partial charge in [0.1, 0.15) is 0 Å². The van der Waals surface area contributed by atoms with Gasteiger partial charge in [0.2, 0.25) is 0 Å². The predicted octanol–water partition coefficient (Wildman–Crippen LogP) is 3.37. The van der Waals surface area contributed by atoms with E-state index in [9.17, 15) is 0 Å². The summed E-state index contributed by atoms with van der Waals surface area (Å²) in [6.45, 7) is 9.58. The van der Waals surface area contributed by atoms with Crippen molar-refractivity contribution in [3.8, 4) is 0 Å². The average molecular weight is 264 g/mol. The maximum atomic E-state index is 2.89. The Hall–Kier alpha value is -0.0800. The number of rotatable bonds is 1. The van der Waals surface area contributed by atoms with Crippen molar-refractivity contribution in [3.05, 3.63) is 0 Å². The molecule has 19 heavy (non-hydrogen) atoms. The van der Waals surface area contributed by atoms with E-state index in [0.717, 1.165) is 11.5 Å². The molecule has 2 aliphatic carbocycles. The number of nitrogens with zero attached hydrogens (tertiary/aromatic N) is 2. The second-order valence-corrected chi connectivity index (χ2v) is 7.48. The van der Waals surface area contributed by atoms with Crippen molar-refractivity contribution in [1.29, 1.82) is 0 Å². The van der Waals surface area contributed by atoms with Crippen LogP contribution in [-0.4, -0.2) is 49.1 Å². The smallest absolute Gasteiger partial charge is 0.0165 e. The minimum Gasteiger partial charge on any atom is -0.306 e. The molecule has 110 valence electrons. The first-order valence-electron chi connectivity index (χ1n) is 8.64. The second kappa shape index (κ2) is 5.04. The lowest BCUT2D eigenvalue weighted by Crippen LogP contribution is -2.56. The van der Waals surface area contributed by atoms with E-state index in [2.05, 4.69) is 16.8 Å². The van der Waals surface area contributed by atoms with Crippen LogP contribution in [0.25, 0.3) is 0 Å². The first-order chi connectivity index (χ1) is 9.22. The van der Waals surface area contributed by atoms with Crippen molar-refractivity contribution in [2.45, 2.75) is 64.8 Å². The molecule has 0 amide bonds. The zero-order valence-corrected chi connectivity index (χ0v) is 13.2. The summed E-state index contributed by atoms with van der Waals surface area (Å²) in [4.78, 5) is 5.45. The largest absolute Gasteiger partial charge is 0.306 e. The molecule has 2 unspecified atom stereocenters. The Bertz CT molecular complexity index is 323. The van der Waals surface area contributed by atoms with Crippen LogP contribution < -0.4 is 0 Å². The minimum absolute atomic E-state index is 0.712. The summed E-state index contributed by atoms with van der Waals surface area (Å²) in [7, 11) is 2.31. The standard InChI is InChI=1S/C15H26N2.C2H6/c1-16-9-8-15(12-16)6-3-13(15)17-10-7-14(11-17)4-2-5-14;1-2/h13H,2-12H2,1H3;1-2H3. The highest BCUT2D eigenvalue weighted by Gasteiger charge is 2.55. The van der Waals surface area contributed by atoms with Crippen LogP contribution in [0, 0.1) is 10.8 Å². The highest BCUT2D eigenvalue weighted by atomic mass is 15.2. The topological polar surface area (TPSA) is 6.48 Å². The lowest BCUT2D eigenvalue weighted by atomic mass is 9.63. The molecule has 2 heterocycles. The number of hydrogen-bond acceptors (Lipinski definition) is 2. The van der Waals surface area contributed by atoms with Gasteiger partial charge in [0.15, 0.2) is 0 Å². The molecular weight excluding hydrogens is 232 g/mol. The molecule has 0 aromatic rings. The van der Waals surface area contributed by atoms with Gasteiger partial charge in [0, 0.05) is 19.1 Å². The maximum absolute atomic E-state index is 2.89. The van der Waals surface area contributed by atoms with E-state index >= 15 is 0 Å². The van der Waals surface area contributed by atoms with Crippen LogP contribution in [0.1, 0.15) is 58.8 Å². The quantitative estimate of drug-likeness (QED) is 0.716. The van der Waals surface area contributed by atoms with Gasteiger partial charge in [0.25, 0.3) is 0 Å². The van der Waals surface area contributed by atoms with Gasteiger partial charge in [-0.3, -0.25) is 4.90 Å². The molecule has 4 rings (SSSR count). The predicted molar refractivity (Wildman–Crippen MR) is 81.4 cm³/mol. The minimum atomic E-state index is 0.712. The van der Waals surface area contributed by atoms with Gasteiger partial charge >= 0.3 is 0 Å². The molecule has 4 fully saturated rings. The Kier molecular flexibility index (Phi) is 3.68. The van der Waals surface area contributed by atoms with Crippen molar-refractivity contribution in [1.82, 2.24) is 9.80 Å². The fourth-order valence-corrected chi connectivity index (χ4v) is 5.16. The third-order valence-corrected chi connectivity index (χ3v) is 6.52. The zero-order chi connectivity index (χ0) is 13.5. The summed E-state index contributed by atoms with van der Waals surface area (Å²) in [5.41, 5.74) is 1.51. The monoisotopic (exact) mass is 264 g/mol. The van der Waals surface area contributed by atoms with Gasteiger partial charge < -0.3 is 4.90 Å². The molecular formula is C17H32N2. The number of hydrogen-bond donors (Lipinski definition) is 0. The van der Waals surface area contributed by atoms with Gasteiger partial charge in [-0.1, -0.05) is 20.3 Å². The highest BCUT2D eigenvalue weighted by molar-refractivity contribution is 5.09. The molecule has 0 aromatic heterocycles. The third-order valence-electron chi connectivity index (χ3n) is 6.52. The van der Waals surface area contributed by atoms with Gasteiger partial charge in [-0.25, -0.2) is 0 Å². The van der Waals surface area contributed by atoms with E-state index in [-0.39, 0.29) is 0 Å². The molecule has 2 aliphatic heterocycles. The first kappa shape index (κ1) is 13.9. The van der Waals surface area contributed by atoms with Gasteiger partial charge in [0.05, 0.1) is 0 Å². The van der Waals surface area contributed by atoms with E-state index in [0.29, 0.717) is 5.41 Å². The van der Waals surface area contributed by atoms with E-state index in [4.69, 9.17) is 0 Å². The molecule has 0 aromatic carbocycles. The molecule has 0 bridgehead atoms. The summed E-state index contributed by atoms with van der Waals surface area (Å²) < 4.78 is 0. The molecule has 2 heteroatoms. The molecule has 0 radical (unpaired) electrons. The van der Waals surface area contributed by atoms with Crippen LogP contribution in [0.15, 0.2) is 0 Å². The molecule has 2 atom stereocenters. The summed E-state index contributed by atoms with van der Waals surface area (Å²) in [5, 5.41) is 0. The van der Waals surface area contributed by atoms with Crippen molar-refractivity contribution in [3.63, 3.8) is 0 Å². The first-order valence-corrected chi connectivity index (χ1v) is 8.64. The lowest BCUT2D eigenvalue weighted by molar-refractivity contribution is -0.0170. The van der Waals surface area contributed by atoms with Crippen molar-refractivity contribution >= 4 is 0 Å². The SMILES string of the molecule is CC.CN1CCC2(CCC2N2CCC3(CCC3)C2)C1. The highest BCUT2D eigenvalue weighted by Crippen LogP contribution is 2.55. The van der Waals surface area contributed by atoms with Crippen LogP contribution >= 0.6 is 0 Å². The van der Waals surface area contributed by atoms with Crippen molar-refractivity contribution in [2.24, 2.45) is 10.8 Å². The Morgan fingerprint density at radius 1 is 0.895 bits per heavy atom. The van der Waals surface area contributed by atoms with Crippen LogP contribution in [0.3, 0.4) is 0 Å². The van der Waals surface area contributed by atoms with Crippen LogP contribution in [0.5, 0.6) is 0 Å². The fraction of sp³-hybridized carbons (Fsp3) is 1.00. The fourth-order valence-electron chi connectivity index (χ4n) is 5.16. The summed E-state index contributed by atoms with van der Waals surface area (Å²) in [5.74, 6) is 0. The van der Waals surface area contributed by atoms with Crippen LogP contribution in [0.4, 0.5) is 0 Å². The lowest BCUT2D eigenvalue weighted by Gasteiger charge is -2.52. The second-order valence-electron chi connectivity index (χ2n) is 7.48. The van der Waals surface area contributed by atoms with Crippen LogP contribution in [-0.2, 0) is 0 Å². The van der Waals surface area contributed by atoms with Crippen LogP contribution in [0.2, 0.25) is 0 Å². The molecule has 4 aliphatic rings. The normalized spacial score (nSPS) is 40.9. The molecule has 2 saturated carbocycles.